The minimum atomic E-state index is -0.458. The van der Waals surface area contributed by atoms with Crippen molar-refractivity contribution in [2.75, 3.05) is 26.8 Å². The lowest BCUT2D eigenvalue weighted by atomic mass is 10.2. The Morgan fingerprint density at radius 2 is 2.00 bits per heavy atom. The van der Waals surface area contributed by atoms with Crippen LogP contribution in [0.4, 0.5) is 4.39 Å². The van der Waals surface area contributed by atoms with Gasteiger partial charge in [0.1, 0.15) is 5.82 Å². The molecule has 1 aromatic carbocycles. The second-order valence-electron chi connectivity index (χ2n) is 3.86. The number of carbonyl (C=O) groups is 2. The third kappa shape index (κ3) is 5.96. The smallest absolute Gasteiger partial charge is 0.251 e. The highest BCUT2D eigenvalue weighted by molar-refractivity contribution is 5.94. The minimum absolute atomic E-state index is 0.137. The Morgan fingerprint density at radius 3 is 2.68 bits per heavy atom. The van der Waals surface area contributed by atoms with E-state index in [2.05, 4.69) is 10.6 Å². The van der Waals surface area contributed by atoms with Crippen LogP contribution in [0.2, 0.25) is 0 Å². The highest BCUT2D eigenvalue weighted by Crippen LogP contribution is 2.02. The van der Waals surface area contributed by atoms with Crippen LogP contribution in [0.5, 0.6) is 0 Å². The van der Waals surface area contributed by atoms with E-state index in [1.54, 1.807) is 0 Å². The Labute approximate surface area is 111 Å². The Morgan fingerprint density at radius 1 is 1.26 bits per heavy atom. The molecule has 2 N–H and O–H groups in total. The molecule has 0 atom stereocenters. The van der Waals surface area contributed by atoms with Crippen molar-refractivity contribution in [1.29, 1.82) is 0 Å². The Bertz CT molecular complexity index is 438. The summed E-state index contributed by atoms with van der Waals surface area (Å²) in [6, 6.07) is 5.42. The number of benzene rings is 1. The maximum Gasteiger partial charge on any atom is 0.251 e. The van der Waals surface area contributed by atoms with Crippen molar-refractivity contribution in [3.63, 3.8) is 0 Å². The zero-order valence-corrected chi connectivity index (χ0v) is 10.7. The summed E-state index contributed by atoms with van der Waals surface area (Å²) in [6.45, 7) is 0.971. The van der Waals surface area contributed by atoms with Crippen molar-refractivity contribution in [3.05, 3.63) is 35.6 Å². The average Bonchev–Trinajstić information content (AvgIpc) is 2.41. The molecule has 0 saturated carbocycles. The minimum Gasteiger partial charge on any atom is -0.384 e. The average molecular weight is 268 g/mol. The number of nitrogens with one attached hydrogen (secondary N) is 2. The van der Waals surface area contributed by atoms with Crippen LogP contribution in [0.25, 0.3) is 0 Å². The summed E-state index contributed by atoms with van der Waals surface area (Å²) in [4.78, 5) is 22.8. The fourth-order valence-corrected chi connectivity index (χ4v) is 1.39. The lowest BCUT2D eigenvalue weighted by molar-refractivity contribution is -0.121. The molecule has 0 spiro atoms. The van der Waals surface area contributed by atoms with Crippen LogP contribution < -0.4 is 10.6 Å². The third-order valence-corrected chi connectivity index (χ3v) is 2.35. The van der Waals surface area contributed by atoms with Crippen LogP contribution >= 0.6 is 0 Å². The molecule has 0 heterocycles. The lowest BCUT2D eigenvalue weighted by Gasteiger charge is -2.07. The zero-order chi connectivity index (χ0) is 14.1. The van der Waals surface area contributed by atoms with E-state index in [1.165, 1.54) is 25.3 Å². The number of amides is 2. The van der Waals surface area contributed by atoms with Gasteiger partial charge in [-0.2, -0.15) is 0 Å². The second-order valence-corrected chi connectivity index (χ2v) is 3.86. The molecular formula is C13H17FN2O3. The number of carbonyl (C=O) groups excluding carboxylic acids is 2. The third-order valence-electron chi connectivity index (χ3n) is 2.35. The van der Waals surface area contributed by atoms with E-state index in [-0.39, 0.29) is 30.3 Å². The van der Waals surface area contributed by atoms with E-state index in [0.717, 1.165) is 6.07 Å². The standard InChI is InChI=1S/C13H17FN2O3/c1-19-8-5-12(17)15-6-7-16-13(18)10-3-2-4-11(14)9-10/h2-4,9H,5-8H2,1H3,(H,15,17)(H,16,18). The molecule has 104 valence electrons. The van der Waals surface area contributed by atoms with Gasteiger partial charge < -0.3 is 15.4 Å². The number of halogens is 1. The van der Waals surface area contributed by atoms with Crippen LogP contribution in [-0.2, 0) is 9.53 Å². The molecular weight excluding hydrogens is 251 g/mol. The molecule has 19 heavy (non-hydrogen) atoms. The first-order valence-electron chi connectivity index (χ1n) is 5.93. The number of methoxy groups -OCH3 is 1. The normalized spacial score (nSPS) is 10.0. The van der Waals surface area contributed by atoms with E-state index < -0.39 is 5.82 Å². The molecule has 0 aliphatic rings. The molecule has 0 unspecified atom stereocenters. The topological polar surface area (TPSA) is 67.4 Å². The van der Waals surface area contributed by atoms with Gasteiger partial charge in [0.25, 0.3) is 5.91 Å². The summed E-state index contributed by atoms with van der Waals surface area (Å²) < 4.78 is 17.7. The summed E-state index contributed by atoms with van der Waals surface area (Å²) in [5.41, 5.74) is 0.255. The maximum atomic E-state index is 12.9. The molecule has 5 nitrogen and oxygen atoms in total. The molecule has 0 bridgehead atoms. The molecule has 0 aliphatic heterocycles. The summed E-state index contributed by atoms with van der Waals surface area (Å²) in [5.74, 6) is -0.965. The summed E-state index contributed by atoms with van der Waals surface area (Å²) >= 11 is 0. The van der Waals surface area contributed by atoms with E-state index in [9.17, 15) is 14.0 Å². The predicted octanol–water partition coefficient (Wildman–Crippen LogP) is 0.708. The van der Waals surface area contributed by atoms with Crippen molar-refractivity contribution in [3.8, 4) is 0 Å². The molecule has 0 fully saturated rings. The molecule has 6 heteroatoms. The van der Waals surface area contributed by atoms with Gasteiger partial charge in [0.2, 0.25) is 5.91 Å². The summed E-state index contributed by atoms with van der Waals surface area (Å²) in [6.07, 6.45) is 0.286. The van der Waals surface area contributed by atoms with Crippen LogP contribution in [0.15, 0.2) is 24.3 Å². The second kappa shape index (κ2) is 8.20. The van der Waals surface area contributed by atoms with Gasteiger partial charge in [-0.05, 0) is 18.2 Å². The van der Waals surface area contributed by atoms with Gasteiger partial charge in [-0.3, -0.25) is 9.59 Å². The lowest BCUT2D eigenvalue weighted by Crippen LogP contribution is -2.35. The van der Waals surface area contributed by atoms with Crippen LogP contribution in [0.1, 0.15) is 16.8 Å². The first kappa shape index (κ1) is 15.1. The van der Waals surface area contributed by atoms with Crippen molar-refractivity contribution in [2.45, 2.75) is 6.42 Å². The first-order chi connectivity index (χ1) is 9.13. The predicted molar refractivity (Wildman–Crippen MR) is 68.2 cm³/mol. The van der Waals surface area contributed by atoms with Crippen molar-refractivity contribution >= 4 is 11.8 Å². The van der Waals surface area contributed by atoms with E-state index in [1.807, 2.05) is 0 Å². The molecule has 0 aliphatic carbocycles. The Balaban J connectivity index is 2.22. The zero-order valence-electron chi connectivity index (χ0n) is 10.7. The largest absolute Gasteiger partial charge is 0.384 e. The van der Waals surface area contributed by atoms with Crippen LogP contribution in [0.3, 0.4) is 0 Å². The van der Waals surface area contributed by atoms with Gasteiger partial charge in [-0.25, -0.2) is 4.39 Å². The SMILES string of the molecule is COCCC(=O)NCCNC(=O)c1cccc(F)c1. The monoisotopic (exact) mass is 268 g/mol. The van der Waals surface area contributed by atoms with Gasteiger partial charge in [-0.15, -0.1) is 0 Å². The van der Waals surface area contributed by atoms with Crippen molar-refractivity contribution in [1.82, 2.24) is 10.6 Å². The van der Waals surface area contributed by atoms with Gasteiger partial charge in [0.05, 0.1) is 6.61 Å². The van der Waals surface area contributed by atoms with E-state index in [0.29, 0.717) is 13.2 Å². The van der Waals surface area contributed by atoms with Crippen molar-refractivity contribution < 1.29 is 18.7 Å². The van der Waals surface area contributed by atoms with E-state index >= 15 is 0 Å². The summed E-state index contributed by atoms with van der Waals surface area (Å²) in [5, 5.41) is 5.21. The highest BCUT2D eigenvalue weighted by Gasteiger charge is 2.05. The highest BCUT2D eigenvalue weighted by atomic mass is 19.1. The number of hydrogen-bond donors (Lipinski definition) is 2. The van der Waals surface area contributed by atoms with Gasteiger partial charge in [-0.1, -0.05) is 6.07 Å². The quantitative estimate of drug-likeness (QED) is 0.716. The Kier molecular flexibility index (Phi) is 6.52. The maximum absolute atomic E-state index is 12.9. The first-order valence-corrected chi connectivity index (χ1v) is 5.93. The number of ether oxygens (including phenoxy) is 1. The van der Waals surface area contributed by atoms with Gasteiger partial charge >= 0.3 is 0 Å². The fraction of sp³-hybridized carbons (Fsp3) is 0.385. The summed E-state index contributed by atoms with van der Waals surface area (Å²) in [7, 11) is 1.52. The molecule has 1 aromatic rings. The molecule has 0 radical (unpaired) electrons. The number of rotatable bonds is 7. The van der Waals surface area contributed by atoms with Crippen LogP contribution in [0, 0.1) is 5.82 Å². The molecule has 1 rings (SSSR count). The van der Waals surface area contributed by atoms with Gasteiger partial charge in [0.15, 0.2) is 0 Å². The van der Waals surface area contributed by atoms with E-state index in [4.69, 9.17) is 4.74 Å². The fourth-order valence-electron chi connectivity index (χ4n) is 1.39. The molecule has 2 amide bonds. The van der Waals surface area contributed by atoms with Crippen LogP contribution in [-0.4, -0.2) is 38.6 Å². The van der Waals surface area contributed by atoms with Gasteiger partial charge in [0, 0.05) is 32.2 Å². The molecule has 0 saturated heterocycles. The molecule has 0 aromatic heterocycles. The Hall–Kier alpha value is -1.95. The number of hydrogen-bond acceptors (Lipinski definition) is 3. The van der Waals surface area contributed by atoms with Crippen molar-refractivity contribution in [2.24, 2.45) is 0 Å².